The lowest BCUT2D eigenvalue weighted by Gasteiger charge is -2.23. The Morgan fingerprint density at radius 3 is 2.36 bits per heavy atom. The van der Waals surface area contributed by atoms with Crippen molar-refractivity contribution in [2.24, 2.45) is 0 Å². The maximum absolute atomic E-state index is 13.3. The van der Waals surface area contributed by atoms with Crippen LogP contribution in [-0.4, -0.2) is 36.9 Å². The van der Waals surface area contributed by atoms with E-state index in [2.05, 4.69) is 0 Å². The van der Waals surface area contributed by atoms with Gasteiger partial charge in [-0.1, -0.05) is 13.3 Å². The summed E-state index contributed by atoms with van der Waals surface area (Å²) in [5, 5.41) is 0. The van der Waals surface area contributed by atoms with Gasteiger partial charge < -0.3 is 9.80 Å². The molecule has 2 amide bonds. The van der Waals surface area contributed by atoms with E-state index in [9.17, 15) is 18.4 Å². The smallest absolute Gasteiger partial charge is 0.224 e. The van der Waals surface area contributed by atoms with Crippen LogP contribution >= 0.6 is 0 Å². The molecule has 0 aliphatic rings. The molecule has 0 atom stereocenters. The largest absolute Gasteiger partial charge is 0.346 e. The van der Waals surface area contributed by atoms with Crippen LogP contribution in [-0.2, 0) is 9.59 Å². The molecule has 0 saturated carbocycles. The first-order valence-corrected chi connectivity index (χ1v) is 7.34. The standard InChI is InChI=1S/C16H22F2N2O2/c1-4-5-9-19(3)16(22)8-10-20(12(2)21)13-6-7-14(17)15(18)11-13/h6-7,11H,4-5,8-10H2,1-3H3. The second kappa shape index (κ2) is 8.46. The summed E-state index contributed by atoms with van der Waals surface area (Å²) >= 11 is 0. The van der Waals surface area contributed by atoms with Crippen molar-refractivity contribution >= 4 is 17.5 Å². The molecule has 122 valence electrons. The minimum absolute atomic E-state index is 0.0812. The monoisotopic (exact) mass is 312 g/mol. The van der Waals surface area contributed by atoms with Gasteiger partial charge in [-0.15, -0.1) is 0 Å². The van der Waals surface area contributed by atoms with Crippen LogP contribution in [0, 0.1) is 11.6 Å². The molecule has 0 bridgehead atoms. The Bertz CT molecular complexity index is 535. The van der Waals surface area contributed by atoms with Crippen molar-refractivity contribution < 1.29 is 18.4 Å². The van der Waals surface area contributed by atoms with Crippen LogP contribution < -0.4 is 4.90 Å². The van der Waals surface area contributed by atoms with Gasteiger partial charge in [0, 0.05) is 45.2 Å². The van der Waals surface area contributed by atoms with E-state index in [-0.39, 0.29) is 30.5 Å². The Morgan fingerprint density at radius 1 is 1.14 bits per heavy atom. The maximum atomic E-state index is 13.3. The van der Waals surface area contributed by atoms with E-state index in [1.807, 2.05) is 6.92 Å². The van der Waals surface area contributed by atoms with Crippen molar-refractivity contribution in [3.8, 4) is 0 Å². The van der Waals surface area contributed by atoms with E-state index in [1.54, 1.807) is 11.9 Å². The third kappa shape index (κ3) is 5.09. The number of anilines is 1. The molecule has 22 heavy (non-hydrogen) atoms. The van der Waals surface area contributed by atoms with Gasteiger partial charge >= 0.3 is 0 Å². The van der Waals surface area contributed by atoms with Crippen LogP contribution in [0.2, 0.25) is 0 Å². The van der Waals surface area contributed by atoms with Gasteiger partial charge in [-0.05, 0) is 18.6 Å². The Kier molecular flexibility index (Phi) is 6.95. The molecule has 1 rings (SSSR count). The number of hydrogen-bond acceptors (Lipinski definition) is 2. The van der Waals surface area contributed by atoms with Crippen molar-refractivity contribution in [1.82, 2.24) is 4.90 Å². The number of carbonyl (C=O) groups is 2. The van der Waals surface area contributed by atoms with Crippen molar-refractivity contribution in [2.45, 2.75) is 33.1 Å². The van der Waals surface area contributed by atoms with Gasteiger partial charge in [-0.2, -0.15) is 0 Å². The molecular weight excluding hydrogens is 290 g/mol. The molecule has 0 heterocycles. The fraction of sp³-hybridized carbons (Fsp3) is 0.500. The molecule has 6 heteroatoms. The summed E-state index contributed by atoms with van der Waals surface area (Å²) in [6, 6.07) is 3.25. The van der Waals surface area contributed by atoms with Crippen LogP contribution in [0.4, 0.5) is 14.5 Å². The molecule has 0 spiro atoms. The predicted octanol–water partition coefficient (Wildman–Crippen LogP) is 2.97. The molecule has 1 aromatic carbocycles. The molecular formula is C16H22F2N2O2. The lowest BCUT2D eigenvalue weighted by Crippen LogP contribution is -2.35. The molecule has 0 aliphatic heterocycles. The van der Waals surface area contributed by atoms with Gasteiger partial charge in [-0.25, -0.2) is 8.78 Å². The first-order chi connectivity index (χ1) is 10.4. The zero-order chi connectivity index (χ0) is 16.7. The number of amides is 2. The maximum Gasteiger partial charge on any atom is 0.224 e. The Hall–Kier alpha value is -1.98. The number of benzene rings is 1. The molecule has 0 fully saturated rings. The summed E-state index contributed by atoms with van der Waals surface area (Å²) in [6.07, 6.45) is 2.05. The van der Waals surface area contributed by atoms with Crippen LogP contribution in [0.5, 0.6) is 0 Å². The quantitative estimate of drug-likeness (QED) is 0.776. The Balaban J connectivity index is 2.71. The molecule has 0 N–H and O–H groups in total. The number of unbranched alkanes of at least 4 members (excludes halogenated alkanes) is 1. The van der Waals surface area contributed by atoms with Gasteiger partial charge in [0.15, 0.2) is 11.6 Å². The second-order valence-electron chi connectivity index (χ2n) is 5.19. The molecule has 1 aromatic rings. The fourth-order valence-electron chi connectivity index (χ4n) is 2.04. The van der Waals surface area contributed by atoms with E-state index in [4.69, 9.17) is 0 Å². The topological polar surface area (TPSA) is 40.6 Å². The number of halogens is 2. The van der Waals surface area contributed by atoms with Gasteiger partial charge in [0.25, 0.3) is 0 Å². The molecule has 0 aliphatic carbocycles. The molecule has 0 unspecified atom stereocenters. The van der Waals surface area contributed by atoms with Crippen LogP contribution in [0.3, 0.4) is 0 Å². The highest BCUT2D eigenvalue weighted by molar-refractivity contribution is 5.92. The van der Waals surface area contributed by atoms with Crippen LogP contribution in [0.25, 0.3) is 0 Å². The summed E-state index contributed by atoms with van der Waals surface area (Å²) in [7, 11) is 1.72. The number of nitrogens with zero attached hydrogens (tertiary/aromatic N) is 2. The van der Waals surface area contributed by atoms with E-state index < -0.39 is 11.6 Å². The van der Waals surface area contributed by atoms with Crippen LogP contribution in [0.15, 0.2) is 18.2 Å². The number of rotatable bonds is 7. The molecule has 0 saturated heterocycles. The van der Waals surface area contributed by atoms with Crippen LogP contribution in [0.1, 0.15) is 33.1 Å². The third-order valence-electron chi connectivity index (χ3n) is 3.42. The minimum Gasteiger partial charge on any atom is -0.346 e. The lowest BCUT2D eigenvalue weighted by molar-refractivity contribution is -0.129. The fourth-order valence-corrected chi connectivity index (χ4v) is 2.04. The highest BCUT2D eigenvalue weighted by atomic mass is 19.2. The summed E-state index contributed by atoms with van der Waals surface area (Å²) < 4.78 is 26.2. The van der Waals surface area contributed by atoms with Gasteiger partial charge in [0.1, 0.15) is 0 Å². The summed E-state index contributed by atoms with van der Waals surface area (Å²) in [5.41, 5.74) is 0.246. The Morgan fingerprint density at radius 2 is 1.82 bits per heavy atom. The van der Waals surface area contributed by atoms with Crippen molar-refractivity contribution in [2.75, 3.05) is 25.0 Å². The van der Waals surface area contributed by atoms with Crippen molar-refractivity contribution in [3.63, 3.8) is 0 Å². The third-order valence-corrected chi connectivity index (χ3v) is 3.42. The van der Waals surface area contributed by atoms with E-state index in [0.29, 0.717) is 6.54 Å². The highest BCUT2D eigenvalue weighted by Crippen LogP contribution is 2.18. The lowest BCUT2D eigenvalue weighted by atomic mass is 10.2. The summed E-state index contributed by atoms with van der Waals surface area (Å²) in [5.74, 6) is -2.39. The highest BCUT2D eigenvalue weighted by Gasteiger charge is 2.16. The SMILES string of the molecule is CCCCN(C)C(=O)CCN(C(C)=O)c1ccc(F)c(F)c1. The molecule has 4 nitrogen and oxygen atoms in total. The van der Waals surface area contributed by atoms with E-state index >= 15 is 0 Å². The molecule has 0 aromatic heterocycles. The number of carbonyl (C=O) groups excluding carboxylic acids is 2. The summed E-state index contributed by atoms with van der Waals surface area (Å²) in [6.45, 7) is 4.17. The van der Waals surface area contributed by atoms with E-state index in [1.165, 1.54) is 17.9 Å². The summed E-state index contributed by atoms with van der Waals surface area (Å²) in [4.78, 5) is 26.6. The number of hydrogen-bond donors (Lipinski definition) is 0. The minimum atomic E-state index is -1.02. The van der Waals surface area contributed by atoms with Gasteiger partial charge in [-0.3, -0.25) is 9.59 Å². The first-order valence-electron chi connectivity index (χ1n) is 7.34. The first kappa shape index (κ1) is 18.1. The average molecular weight is 312 g/mol. The zero-order valence-corrected chi connectivity index (χ0v) is 13.2. The average Bonchev–Trinajstić information content (AvgIpc) is 2.47. The van der Waals surface area contributed by atoms with E-state index in [0.717, 1.165) is 25.0 Å². The second-order valence-corrected chi connectivity index (χ2v) is 5.19. The Labute approximate surface area is 129 Å². The van der Waals surface area contributed by atoms with Crippen molar-refractivity contribution in [1.29, 1.82) is 0 Å². The predicted molar refractivity (Wildman–Crippen MR) is 81.5 cm³/mol. The normalized spacial score (nSPS) is 10.4. The van der Waals surface area contributed by atoms with Gasteiger partial charge in [0.2, 0.25) is 11.8 Å². The zero-order valence-electron chi connectivity index (χ0n) is 13.2. The molecule has 0 radical (unpaired) electrons. The van der Waals surface area contributed by atoms with Gasteiger partial charge in [0.05, 0.1) is 0 Å². The van der Waals surface area contributed by atoms with Crippen molar-refractivity contribution in [3.05, 3.63) is 29.8 Å².